The Morgan fingerprint density at radius 2 is 0.983 bits per heavy atom. The van der Waals surface area contributed by atoms with Crippen LogP contribution in [0.3, 0.4) is 0 Å². The molecule has 8 N–H and O–H groups in total. The van der Waals surface area contributed by atoms with E-state index in [9.17, 15) is 10.2 Å². The number of aromatic nitrogens is 6. The highest BCUT2D eigenvalue weighted by Gasteiger charge is 2.32. The molecule has 0 aliphatic rings. The minimum absolute atomic E-state index is 0.212. The average molecular weight is 837 g/mol. The lowest BCUT2D eigenvalue weighted by Crippen LogP contribution is -2.29. The van der Waals surface area contributed by atoms with Crippen molar-refractivity contribution in [2.75, 3.05) is 22.1 Å². The molecular formula is C44H40N10O4S2. The molecule has 0 spiro atoms. The second kappa shape index (κ2) is 17.1. The lowest BCUT2D eigenvalue weighted by atomic mass is 9.87. The summed E-state index contributed by atoms with van der Waals surface area (Å²) in [4.78, 5) is 26.8. The fourth-order valence-electron chi connectivity index (χ4n) is 6.25. The summed E-state index contributed by atoms with van der Waals surface area (Å²) < 4.78 is 12.4. The van der Waals surface area contributed by atoms with Crippen LogP contribution in [0.4, 0.5) is 33.3 Å². The van der Waals surface area contributed by atoms with Gasteiger partial charge in [0.25, 0.3) is 0 Å². The number of benzene rings is 2. The SMILES string of the molecule is CC(O)(CCC(C)(O)c1ccc(Nc2cc(Oc3sc(N)nc3-c3ccccc3)ccn2)cn1)c1ccc(Nc2cc(Oc3sc(N)nc3-c3ccccc3)ccn2)cn1. The summed E-state index contributed by atoms with van der Waals surface area (Å²) in [5.74, 6) is 2.18. The van der Waals surface area contributed by atoms with Crippen molar-refractivity contribution in [3.63, 3.8) is 0 Å². The van der Waals surface area contributed by atoms with Gasteiger partial charge in [0.05, 0.1) is 35.2 Å². The molecule has 302 valence electrons. The van der Waals surface area contributed by atoms with Gasteiger partial charge in [-0.25, -0.2) is 19.9 Å². The normalized spacial score (nSPS) is 13.2. The van der Waals surface area contributed by atoms with Gasteiger partial charge in [-0.1, -0.05) is 83.3 Å². The van der Waals surface area contributed by atoms with Crippen molar-refractivity contribution in [3.05, 3.63) is 145 Å². The number of ether oxygens (including phenoxy) is 2. The molecule has 2 aromatic carbocycles. The first-order valence-corrected chi connectivity index (χ1v) is 20.4. The van der Waals surface area contributed by atoms with Crippen LogP contribution in [0.5, 0.6) is 21.6 Å². The van der Waals surface area contributed by atoms with E-state index in [1.165, 1.54) is 22.7 Å². The van der Waals surface area contributed by atoms with Crippen molar-refractivity contribution in [1.29, 1.82) is 0 Å². The standard InChI is InChI=1S/C44H40N10O4S2/c1-43(55,33-15-13-29(25-49-33)51-35-23-31(17-21-47-35)57-39-37(53-41(45)59-39)27-9-5-3-6-10-27)19-20-44(2,56)34-16-14-30(26-50-34)52-36-24-32(18-22-48-36)58-40-38(54-42(46)60-40)28-11-7-4-8-12-28/h3-18,21-26,55-56H,19-20H2,1-2H3,(H2,45,53)(H2,46,54)(H,47,51)(H,48,52). The van der Waals surface area contributed by atoms with E-state index in [-0.39, 0.29) is 12.8 Å². The topological polar surface area (TPSA) is 212 Å². The van der Waals surface area contributed by atoms with Gasteiger partial charge in [0, 0.05) is 35.7 Å². The van der Waals surface area contributed by atoms with Crippen LogP contribution in [0, 0.1) is 0 Å². The number of pyridine rings is 4. The summed E-state index contributed by atoms with van der Waals surface area (Å²) in [5.41, 5.74) is 14.7. The van der Waals surface area contributed by atoms with Gasteiger partial charge in [-0.15, -0.1) is 0 Å². The van der Waals surface area contributed by atoms with Crippen LogP contribution < -0.4 is 31.6 Å². The van der Waals surface area contributed by atoms with Crippen molar-refractivity contribution in [2.24, 2.45) is 0 Å². The Morgan fingerprint density at radius 3 is 1.37 bits per heavy atom. The molecule has 0 saturated carbocycles. The molecule has 6 heterocycles. The molecule has 0 bridgehead atoms. The molecule has 0 fully saturated rings. The minimum Gasteiger partial charge on any atom is -0.444 e. The van der Waals surface area contributed by atoms with Crippen molar-refractivity contribution in [2.45, 2.75) is 37.9 Å². The lowest BCUT2D eigenvalue weighted by Gasteiger charge is -2.29. The van der Waals surface area contributed by atoms with Gasteiger partial charge in [-0.2, -0.15) is 0 Å². The third-order valence-electron chi connectivity index (χ3n) is 9.48. The van der Waals surface area contributed by atoms with E-state index in [2.05, 4.69) is 40.5 Å². The Hall–Kier alpha value is -6.98. The highest BCUT2D eigenvalue weighted by Crippen LogP contribution is 2.41. The van der Waals surface area contributed by atoms with Gasteiger partial charge in [0.2, 0.25) is 10.1 Å². The summed E-state index contributed by atoms with van der Waals surface area (Å²) in [7, 11) is 0. The highest BCUT2D eigenvalue weighted by atomic mass is 32.1. The number of anilines is 6. The van der Waals surface area contributed by atoms with Crippen LogP contribution in [0.25, 0.3) is 22.5 Å². The average Bonchev–Trinajstić information content (AvgIpc) is 3.81. The van der Waals surface area contributed by atoms with E-state index in [4.69, 9.17) is 20.9 Å². The van der Waals surface area contributed by atoms with E-state index in [1.54, 1.807) is 75.0 Å². The first-order chi connectivity index (χ1) is 29.0. The predicted octanol–water partition coefficient (Wildman–Crippen LogP) is 9.65. The second-order valence-electron chi connectivity index (χ2n) is 14.2. The van der Waals surface area contributed by atoms with E-state index < -0.39 is 11.2 Å². The number of thiazole rings is 2. The summed E-state index contributed by atoms with van der Waals surface area (Å²) in [6.07, 6.45) is 6.94. The van der Waals surface area contributed by atoms with E-state index in [0.29, 0.717) is 77.7 Å². The van der Waals surface area contributed by atoms with E-state index in [1.807, 2.05) is 72.8 Å². The molecule has 0 amide bonds. The van der Waals surface area contributed by atoms with Crippen molar-refractivity contribution >= 4 is 55.9 Å². The number of hydrogen-bond donors (Lipinski definition) is 6. The zero-order valence-electron chi connectivity index (χ0n) is 32.5. The summed E-state index contributed by atoms with van der Waals surface area (Å²) in [6.45, 7) is 3.35. The Labute approximate surface area is 353 Å². The van der Waals surface area contributed by atoms with Gasteiger partial charge in [0.1, 0.15) is 45.7 Å². The maximum Gasteiger partial charge on any atom is 0.210 e. The van der Waals surface area contributed by atoms with Gasteiger partial charge < -0.3 is 41.8 Å². The van der Waals surface area contributed by atoms with Crippen molar-refractivity contribution in [3.8, 4) is 44.1 Å². The molecule has 0 aliphatic heterocycles. The molecule has 6 aromatic heterocycles. The van der Waals surface area contributed by atoms with Gasteiger partial charge in [-0.3, -0.25) is 9.97 Å². The number of nitrogen functional groups attached to an aromatic ring is 2. The summed E-state index contributed by atoms with van der Waals surface area (Å²) in [6, 6.07) is 33.6. The minimum atomic E-state index is -1.34. The quantitative estimate of drug-likeness (QED) is 0.0568. The smallest absolute Gasteiger partial charge is 0.210 e. The lowest BCUT2D eigenvalue weighted by molar-refractivity contribution is -0.0119. The Bertz CT molecular complexity index is 2510. The summed E-state index contributed by atoms with van der Waals surface area (Å²) >= 11 is 2.52. The zero-order valence-corrected chi connectivity index (χ0v) is 34.1. The van der Waals surface area contributed by atoms with Crippen LogP contribution in [0.15, 0.2) is 134 Å². The Balaban J connectivity index is 0.859. The molecule has 14 nitrogen and oxygen atoms in total. The van der Waals surface area contributed by atoms with Crippen LogP contribution >= 0.6 is 22.7 Å². The maximum absolute atomic E-state index is 11.5. The molecule has 0 saturated heterocycles. The highest BCUT2D eigenvalue weighted by molar-refractivity contribution is 7.18. The number of hydrogen-bond acceptors (Lipinski definition) is 16. The fraction of sp³-hybridized carbons (Fsp3) is 0.136. The Morgan fingerprint density at radius 1 is 0.567 bits per heavy atom. The van der Waals surface area contributed by atoms with Crippen LogP contribution in [-0.2, 0) is 11.2 Å². The molecule has 16 heteroatoms. The van der Waals surface area contributed by atoms with E-state index in [0.717, 1.165) is 11.1 Å². The molecule has 8 aromatic rings. The number of nitrogens with two attached hydrogens (primary N) is 2. The number of aliphatic hydroxyl groups is 2. The maximum atomic E-state index is 11.5. The fourth-order valence-corrected chi connectivity index (χ4v) is 7.70. The zero-order chi connectivity index (χ0) is 41.7. The third-order valence-corrected chi connectivity index (χ3v) is 11.0. The van der Waals surface area contributed by atoms with E-state index >= 15 is 0 Å². The molecular weight excluding hydrogens is 797 g/mol. The largest absolute Gasteiger partial charge is 0.444 e. The monoisotopic (exact) mass is 836 g/mol. The number of rotatable bonds is 15. The third kappa shape index (κ3) is 9.48. The number of nitrogens with one attached hydrogen (secondary N) is 2. The summed E-state index contributed by atoms with van der Waals surface area (Å²) in [5, 5.41) is 31.4. The Kier molecular flexibility index (Phi) is 11.3. The molecule has 2 atom stereocenters. The second-order valence-corrected chi connectivity index (χ2v) is 16.2. The molecule has 0 aliphatic carbocycles. The van der Waals surface area contributed by atoms with Crippen LogP contribution in [-0.4, -0.2) is 40.1 Å². The molecule has 8 rings (SSSR count). The predicted molar refractivity (Wildman–Crippen MR) is 236 cm³/mol. The van der Waals surface area contributed by atoms with Crippen molar-refractivity contribution in [1.82, 2.24) is 29.9 Å². The van der Waals surface area contributed by atoms with Gasteiger partial charge in [0.15, 0.2) is 10.3 Å². The van der Waals surface area contributed by atoms with Crippen molar-refractivity contribution < 1.29 is 19.7 Å². The first kappa shape index (κ1) is 39.8. The van der Waals surface area contributed by atoms with Gasteiger partial charge >= 0.3 is 0 Å². The van der Waals surface area contributed by atoms with Gasteiger partial charge in [-0.05, 0) is 63.1 Å². The number of nitrogens with zero attached hydrogens (tertiary/aromatic N) is 6. The molecule has 0 radical (unpaired) electrons. The molecule has 60 heavy (non-hydrogen) atoms. The van der Waals surface area contributed by atoms with Crippen LogP contribution in [0.2, 0.25) is 0 Å². The van der Waals surface area contributed by atoms with Crippen LogP contribution in [0.1, 0.15) is 38.1 Å². The first-order valence-electron chi connectivity index (χ1n) is 18.8. The molecule has 2 unspecified atom stereocenters.